The molecule has 0 bridgehead atoms. The number of anilines is 1. The molecule has 8 heteroatoms. The Morgan fingerprint density at radius 2 is 2.00 bits per heavy atom. The quantitative estimate of drug-likeness (QED) is 0.881. The maximum absolute atomic E-state index is 12.1. The Morgan fingerprint density at radius 1 is 1.29 bits per heavy atom. The number of hydrogen-bond acceptors (Lipinski definition) is 4. The molecule has 0 saturated carbocycles. The highest BCUT2D eigenvalue weighted by atomic mass is 35.5. The monoisotopic (exact) mass is 331 g/mol. The van der Waals surface area contributed by atoms with Gasteiger partial charge in [0, 0.05) is 5.02 Å². The minimum atomic E-state index is -3.48. The van der Waals surface area contributed by atoms with Crippen molar-refractivity contribution in [2.75, 3.05) is 11.1 Å². The molecule has 0 radical (unpaired) electrons. The van der Waals surface area contributed by atoms with Crippen molar-refractivity contribution in [2.45, 2.75) is 24.5 Å². The van der Waals surface area contributed by atoms with Gasteiger partial charge < -0.3 is 10.4 Å². The van der Waals surface area contributed by atoms with Crippen molar-refractivity contribution in [2.24, 2.45) is 0 Å². The average Bonchev–Trinajstić information content (AvgIpc) is 2.37. The fourth-order valence-electron chi connectivity index (χ4n) is 2.27. The topological polar surface area (TPSA) is 101 Å². The number of carbonyl (C=O) groups excluding carboxylic acids is 1. The molecule has 1 aromatic rings. The van der Waals surface area contributed by atoms with E-state index in [0.717, 1.165) is 0 Å². The SMILES string of the molecule is O=C(O)c1ccc(Cl)cc1NC(=O)C1CCCCS1(=O)=O. The van der Waals surface area contributed by atoms with Crippen LogP contribution in [0.5, 0.6) is 0 Å². The van der Waals surface area contributed by atoms with Crippen LogP contribution < -0.4 is 5.32 Å². The van der Waals surface area contributed by atoms with E-state index in [1.54, 1.807) is 0 Å². The largest absolute Gasteiger partial charge is 0.478 e. The number of nitrogens with one attached hydrogen (secondary N) is 1. The van der Waals surface area contributed by atoms with Crippen LogP contribution in [0.2, 0.25) is 5.02 Å². The van der Waals surface area contributed by atoms with Crippen molar-refractivity contribution in [1.82, 2.24) is 0 Å². The summed E-state index contributed by atoms with van der Waals surface area (Å²) in [6.07, 6.45) is 1.44. The molecule has 1 fully saturated rings. The Morgan fingerprint density at radius 3 is 2.62 bits per heavy atom. The Balaban J connectivity index is 2.27. The van der Waals surface area contributed by atoms with E-state index in [2.05, 4.69) is 5.32 Å². The number of carboxylic acid groups (broad SMARTS) is 1. The lowest BCUT2D eigenvalue weighted by atomic mass is 10.1. The first kappa shape index (κ1) is 15.8. The van der Waals surface area contributed by atoms with Crippen molar-refractivity contribution in [3.63, 3.8) is 0 Å². The van der Waals surface area contributed by atoms with Gasteiger partial charge in [-0.05, 0) is 31.0 Å². The molecule has 6 nitrogen and oxygen atoms in total. The van der Waals surface area contributed by atoms with Gasteiger partial charge in [-0.15, -0.1) is 0 Å². The minimum absolute atomic E-state index is 0.000716. The van der Waals surface area contributed by atoms with Gasteiger partial charge in [0.25, 0.3) is 0 Å². The van der Waals surface area contributed by atoms with E-state index >= 15 is 0 Å². The molecule has 1 atom stereocenters. The van der Waals surface area contributed by atoms with Gasteiger partial charge in [0.1, 0.15) is 5.25 Å². The number of halogens is 1. The van der Waals surface area contributed by atoms with Crippen LogP contribution in [0.3, 0.4) is 0 Å². The van der Waals surface area contributed by atoms with Crippen LogP contribution in [0.25, 0.3) is 0 Å². The van der Waals surface area contributed by atoms with Gasteiger partial charge in [0.2, 0.25) is 5.91 Å². The van der Waals surface area contributed by atoms with E-state index in [0.29, 0.717) is 12.8 Å². The third-order valence-corrected chi connectivity index (χ3v) is 5.75. The average molecular weight is 332 g/mol. The summed E-state index contributed by atoms with van der Waals surface area (Å²) in [5.74, 6) is -1.96. The lowest BCUT2D eigenvalue weighted by molar-refractivity contribution is -0.116. The first-order chi connectivity index (χ1) is 9.81. The second kappa shape index (κ2) is 6.03. The van der Waals surface area contributed by atoms with Crippen LogP contribution >= 0.6 is 11.6 Å². The summed E-state index contributed by atoms with van der Waals surface area (Å²) in [5.41, 5.74) is -0.137. The van der Waals surface area contributed by atoms with Crippen molar-refractivity contribution < 1.29 is 23.1 Å². The van der Waals surface area contributed by atoms with E-state index in [1.807, 2.05) is 0 Å². The Hall–Kier alpha value is -1.60. The molecule has 1 unspecified atom stereocenters. The summed E-state index contributed by atoms with van der Waals surface area (Å²) in [7, 11) is -3.48. The van der Waals surface area contributed by atoms with Crippen LogP contribution in [-0.2, 0) is 14.6 Å². The predicted molar refractivity (Wildman–Crippen MR) is 78.5 cm³/mol. The number of amides is 1. The molecule has 1 heterocycles. The summed E-state index contributed by atoms with van der Waals surface area (Å²) in [6, 6.07) is 3.94. The third kappa shape index (κ3) is 3.54. The van der Waals surface area contributed by atoms with Gasteiger partial charge in [-0.2, -0.15) is 0 Å². The molecule has 21 heavy (non-hydrogen) atoms. The molecule has 0 aromatic heterocycles. The fraction of sp³-hybridized carbons (Fsp3) is 0.385. The number of carbonyl (C=O) groups is 2. The lowest BCUT2D eigenvalue weighted by Gasteiger charge is -2.21. The van der Waals surface area contributed by atoms with Gasteiger partial charge in [0.05, 0.1) is 17.0 Å². The zero-order valence-corrected chi connectivity index (χ0v) is 12.6. The maximum atomic E-state index is 12.1. The number of benzene rings is 1. The van der Waals surface area contributed by atoms with Crippen molar-refractivity contribution in [1.29, 1.82) is 0 Å². The first-order valence-electron chi connectivity index (χ1n) is 6.36. The molecule has 0 aliphatic carbocycles. The van der Waals surface area contributed by atoms with Crippen molar-refractivity contribution in [3.05, 3.63) is 28.8 Å². The van der Waals surface area contributed by atoms with E-state index < -0.39 is 27.0 Å². The van der Waals surface area contributed by atoms with Gasteiger partial charge in [-0.25, -0.2) is 13.2 Å². The number of sulfone groups is 1. The number of hydrogen-bond donors (Lipinski definition) is 2. The molecule has 114 valence electrons. The summed E-state index contributed by atoms with van der Waals surface area (Å²) in [6.45, 7) is 0. The van der Waals surface area contributed by atoms with Gasteiger partial charge >= 0.3 is 5.97 Å². The highest BCUT2D eigenvalue weighted by Gasteiger charge is 2.35. The molecule has 1 saturated heterocycles. The van der Waals surface area contributed by atoms with Gasteiger partial charge in [-0.1, -0.05) is 18.0 Å². The van der Waals surface area contributed by atoms with E-state index in [9.17, 15) is 18.0 Å². The Kier molecular flexibility index (Phi) is 4.53. The van der Waals surface area contributed by atoms with Gasteiger partial charge in [0.15, 0.2) is 9.84 Å². The summed E-state index contributed by atoms with van der Waals surface area (Å²) < 4.78 is 23.8. The Bertz CT molecular complexity index is 686. The molecule has 1 amide bonds. The van der Waals surface area contributed by atoms with Crippen LogP contribution in [0.15, 0.2) is 18.2 Å². The normalized spacial score (nSPS) is 20.7. The third-order valence-electron chi connectivity index (χ3n) is 3.34. The zero-order valence-electron chi connectivity index (χ0n) is 11.0. The minimum Gasteiger partial charge on any atom is -0.478 e. The van der Waals surface area contributed by atoms with E-state index in [-0.39, 0.29) is 28.4 Å². The molecule has 1 aliphatic rings. The summed E-state index contributed by atoms with van der Waals surface area (Å²) >= 11 is 5.78. The second-order valence-corrected chi connectivity index (χ2v) is 7.58. The molecule has 0 spiro atoms. The molecule has 2 N–H and O–H groups in total. The van der Waals surface area contributed by atoms with E-state index in [4.69, 9.17) is 16.7 Å². The van der Waals surface area contributed by atoms with Gasteiger partial charge in [-0.3, -0.25) is 4.79 Å². The number of aromatic carboxylic acids is 1. The number of rotatable bonds is 3. The lowest BCUT2D eigenvalue weighted by Crippen LogP contribution is -2.39. The Labute approximate surface area is 127 Å². The van der Waals surface area contributed by atoms with Crippen molar-refractivity contribution >= 4 is 39.0 Å². The molecule has 1 aliphatic heterocycles. The summed E-state index contributed by atoms with van der Waals surface area (Å²) in [4.78, 5) is 23.2. The second-order valence-electron chi connectivity index (χ2n) is 4.84. The highest BCUT2D eigenvalue weighted by Crippen LogP contribution is 2.24. The fourth-order valence-corrected chi connectivity index (χ4v) is 4.24. The molecule has 2 rings (SSSR count). The van der Waals surface area contributed by atoms with Crippen LogP contribution in [-0.4, -0.2) is 36.4 Å². The molecular weight excluding hydrogens is 318 g/mol. The molecule has 1 aromatic carbocycles. The first-order valence-corrected chi connectivity index (χ1v) is 8.46. The zero-order chi connectivity index (χ0) is 15.6. The predicted octanol–water partition coefficient (Wildman–Crippen LogP) is 1.94. The molecular formula is C13H14ClNO5S. The van der Waals surface area contributed by atoms with Crippen molar-refractivity contribution in [3.8, 4) is 0 Å². The maximum Gasteiger partial charge on any atom is 0.337 e. The smallest absolute Gasteiger partial charge is 0.337 e. The van der Waals surface area contributed by atoms with E-state index in [1.165, 1.54) is 18.2 Å². The van der Waals surface area contributed by atoms with Crippen LogP contribution in [0.1, 0.15) is 29.6 Å². The highest BCUT2D eigenvalue weighted by molar-refractivity contribution is 7.92. The standard InChI is InChI=1S/C13H14ClNO5S/c14-8-4-5-9(13(17)18)10(7-8)15-12(16)11-3-1-2-6-21(11,19)20/h4-5,7,11H,1-3,6H2,(H,15,16)(H,17,18). The van der Waals surface area contributed by atoms with Crippen LogP contribution in [0, 0.1) is 0 Å². The summed E-state index contributed by atoms with van der Waals surface area (Å²) in [5, 5.41) is 10.6. The number of carboxylic acids is 1. The van der Waals surface area contributed by atoms with Crippen LogP contribution in [0.4, 0.5) is 5.69 Å².